The van der Waals surface area contributed by atoms with Crippen molar-refractivity contribution in [1.82, 2.24) is 5.32 Å². The Labute approximate surface area is 198 Å². The van der Waals surface area contributed by atoms with Crippen LogP contribution < -0.4 is 10.1 Å². The van der Waals surface area contributed by atoms with Crippen LogP contribution in [0.5, 0.6) is 5.75 Å². The fourth-order valence-electron chi connectivity index (χ4n) is 3.06. The summed E-state index contributed by atoms with van der Waals surface area (Å²) in [5.41, 5.74) is 0. The molecule has 0 aromatic heterocycles. The van der Waals surface area contributed by atoms with Gasteiger partial charge in [-0.3, -0.25) is 9.59 Å². The Morgan fingerprint density at radius 2 is 1.71 bits per heavy atom. The Balaban J connectivity index is 1.77. The molecule has 0 spiro atoms. The summed E-state index contributed by atoms with van der Waals surface area (Å²) in [5, 5.41) is 14.4. The number of carbonyl (C=O) groups excluding carboxylic acids is 2. The highest BCUT2D eigenvalue weighted by atomic mass is 16.9. The normalized spacial score (nSPS) is 11.7. The van der Waals surface area contributed by atoms with Gasteiger partial charge in [0.05, 0.1) is 26.1 Å². The van der Waals surface area contributed by atoms with E-state index < -0.39 is 23.1 Å². The number of benzene rings is 2. The topological polar surface area (TPSA) is 126 Å². The quantitative estimate of drug-likeness (QED) is 0.168. The third-order valence-electron chi connectivity index (χ3n) is 4.76. The molecule has 0 aliphatic rings. The molecule has 2 rings (SSSR count). The maximum absolute atomic E-state index is 12.3. The van der Waals surface area contributed by atoms with Crippen molar-refractivity contribution in [2.45, 2.75) is 51.7 Å². The number of hydrogen-bond donors (Lipinski definition) is 1. The number of esters is 2. The molecule has 0 bridgehead atoms. The molecule has 0 amide bonds. The van der Waals surface area contributed by atoms with E-state index in [2.05, 4.69) is 10.2 Å². The second kappa shape index (κ2) is 14.7. The summed E-state index contributed by atoms with van der Waals surface area (Å²) < 4.78 is 16.6. The molecule has 186 valence electrons. The van der Waals surface area contributed by atoms with Crippen molar-refractivity contribution in [2.24, 2.45) is 0 Å². The molecule has 0 aliphatic heterocycles. The van der Waals surface area contributed by atoms with E-state index in [4.69, 9.17) is 14.2 Å². The number of fused-ring (bicyclic) bond motifs is 1. The highest BCUT2D eigenvalue weighted by Crippen LogP contribution is 2.25. The average molecular weight is 477 g/mol. The van der Waals surface area contributed by atoms with Crippen LogP contribution in [0.2, 0.25) is 0 Å². The molecule has 0 radical (unpaired) electrons. The average Bonchev–Trinajstić information content (AvgIpc) is 2.81. The third kappa shape index (κ3) is 10.5. The third-order valence-corrected chi connectivity index (χ3v) is 4.76. The van der Waals surface area contributed by atoms with Gasteiger partial charge in [0.15, 0.2) is 0 Å². The van der Waals surface area contributed by atoms with Crippen LogP contribution in [0.4, 0.5) is 0 Å². The molecule has 1 N–H and O–H groups in total. The first-order valence-electron chi connectivity index (χ1n) is 11.3. The second-order valence-corrected chi connectivity index (χ2v) is 7.95. The Kier molecular flexibility index (Phi) is 11.6. The zero-order chi connectivity index (χ0) is 24.8. The maximum atomic E-state index is 12.3. The smallest absolute Gasteiger partial charge is 0.306 e. The summed E-state index contributed by atoms with van der Waals surface area (Å²) in [4.78, 5) is 38.4. The molecule has 34 heavy (non-hydrogen) atoms. The van der Waals surface area contributed by atoms with E-state index in [1.54, 1.807) is 0 Å². The van der Waals surface area contributed by atoms with Crippen LogP contribution in [0, 0.1) is 10.1 Å². The number of ether oxygens (including phenoxy) is 3. The van der Waals surface area contributed by atoms with Crippen molar-refractivity contribution >= 4 is 22.7 Å². The predicted octanol–water partition coefficient (Wildman–Crippen LogP) is 3.44. The molecular formula is C24H32N2O8. The van der Waals surface area contributed by atoms with Crippen LogP contribution in [0.3, 0.4) is 0 Å². The Morgan fingerprint density at radius 1 is 1.00 bits per heavy atom. The van der Waals surface area contributed by atoms with Crippen molar-refractivity contribution in [3.8, 4) is 5.75 Å². The van der Waals surface area contributed by atoms with Gasteiger partial charge in [-0.15, -0.1) is 10.1 Å². The van der Waals surface area contributed by atoms with Gasteiger partial charge in [0.2, 0.25) is 0 Å². The highest BCUT2D eigenvalue weighted by molar-refractivity contribution is 5.88. The lowest BCUT2D eigenvalue weighted by atomic mass is 10.1. The molecule has 10 heteroatoms. The summed E-state index contributed by atoms with van der Waals surface area (Å²) in [5.74, 6) is -0.347. The first kappa shape index (κ1) is 26.8. The van der Waals surface area contributed by atoms with Gasteiger partial charge in [0.25, 0.3) is 5.09 Å². The first-order chi connectivity index (χ1) is 16.3. The number of carbonyl (C=O) groups is 2. The van der Waals surface area contributed by atoms with E-state index in [0.29, 0.717) is 25.1 Å². The lowest BCUT2D eigenvalue weighted by Crippen LogP contribution is -2.38. The van der Waals surface area contributed by atoms with Gasteiger partial charge in [-0.2, -0.15) is 0 Å². The van der Waals surface area contributed by atoms with Crippen LogP contribution in [0.25, 0.3) is 10.8 Å². The minimum absolute atomic E-state index is 0.0521. The van der Waals surface area contributed by atoms with Crippen LogP contribution >= 0.6 is 0 Å². The Hall–Kier alpha value is -3.40. The van der Waals surface area contributed by atoms with Gasteiger partial charge >= 0.3 is 11.9 Å². The lowest BCUT2D eigenvalue weighted by Gasteiger charge is -2.21. The lowest BCUT2D eigenvalue weighted by molar-refractivity contribution is -0.757. The summed E-state index contributed by atoms with van der Waals surface area (Å²) in [6, 6.07) is 13.8. The summed E-state index contributed by atoms with van der Waals surface area (Å²) in [6.45, 7) is 4.60. The van der Waals surface area contributed by atoms with Gasteiger partial charge in [0.1, 0.15) is 18.5 Å². The van der Waals surface area contributed by atoms with Crippen molar-refractivity contribution in [1.29, 1.82) is 0 Å². The first-order valence-corrected chi connectivity index (χ1v) is 11.3. The summed E-state index contributed by atoms with van der Waals surface area (Å²) in [7, 11) is 0. The molecule has 0 saturated heterocycles. The van der Waals surface area contributed by atoms with E-state index in [0.717, 1.165) is 10.8 Å². The van der Waals surface area contributed by atoms with E-state index in [1.165, 1.54) is 0 Å². The maximum Gasteiger partial charge on any atom is 0.306 e. The standard InChI is InChI=1S/C24H32N2O8/c1-18(2)25-16-20(17-32-22-11-7-9-19-8-3-4-10-21(19)22)34-24(28)13-12-23(27)31-14-5-6-15-33-26(29)30/h3-4,7-11,18,20,25H,5-6,12-17H2,1-2H3. The SMILES string of the molecule is CC(C)NCC(COc1cccc2ccccc12)OC(=O)CCC(=O)OCCCCO[N+](=O)[O-]. The van der Waals surface area contributed by atoms with Crippen molar-refractivity contribution in [3.05, 3.63) is 52.6 Å². The molecule has 1 atom stereocenters. The zero-order valence-electron chi connectivity index (χ0n) is 19.6. The van der Waals surface area contributed by atoms with E-state index in [1.807, 2.05) is 56.3 Å². The Morgan fingerprint density at radius 3 is 2.47 bits per heavy atom. The monoisotopic (exact) mass is 476 g/mol. The molecule has 10 nitrogen and oxygen atoms in total. The van der Waals surface area contributed by atoms with Crippen LogP contribution in [0.15, 0.2) is 42.5 Å². The molecule has 0 saturated carbocycles. The fraction of sp³-hybridized carbons (Fsp3) is 0.500. The molecule has 0 fully saturated rings. The summed E-state index contributed by atoms with van der Waals surface area (Å²) in [6.07, 6.45) is 0.0521. The van der Waals surface area contributed by atoms with Crippen LogP contribution in [-0.2, 0) is 23.9 Å². The number of nitrogens with zero attached hydrogens (tertiary/aromatic N) is 1. The van der Waals surface area contributed by atoms with Crippen molar-refractivity contribution in [2.75, 3.05) is 26.4 Å². The van der Waals surface area contributed by atoms with E-state index >= 15 is 0 Å². The number of rotatable bonds is 16. The molecule has 1 unspecified atom stereocenters. The predicted molar refractivity (Wildman–Crippen MR) is 125 cm³/mol. The molecule has 0 heterocycles. The van der Waals surface area contributed by atoms with E-state index in [9.17, 15) is 19.7 Å². The van der Waals surface area contributed by atoms with Gasteiger partial charge in [0, 0.05) is 18.0 Å². The molecule has 2 aromatic carbocycles. The van der Waals surface area contributed by atoms with E-state index in [-0.39, 0.29) is 38.7 Å². The minimum Gasteiger partial charge on any atom is -0.489 e. The van der Waals surface area contributed by atoms with Crippen LogP contribution in [-0.4, -0.2) is 55.5 Å². The highest BCUT2D eigenvalue weighted by Gasteiger charge is 2.18. The van der Waals surface area contributed by atoms with Gasteiger partial charge in [-0.1, -0.05) is 50.2 Å². The van der Waals surface area contributed by atoms with Crippen molar-refractivity contribution < 1.29 is 33.7 Å². The fourth-order valence-corrected chi connectivity index (χ4v) is 3.06. The zero-order valence-corrected chi connectivity index (χ0v) is 19.6. The number of hydrogen-bond acceptors (Lipinski definition) is 9. The van der Waals surface area contributed by atoms with Crippen LogP contribution in [0.1, 0.15) is 39.5 Å². The second-order valence-electron chi connectivity index (χ2n) is 7.95. The molecule has 2 aromatic rings. The minimum atomic E-state index is -0.866. The van der Waals surface area contributed by atoms with Gasteiger partial charge in [-0.05, 0) is 24.3 Å². The van der Waals surface area contributed by atoms with Gasteiger partial charge < -0.3 is 24.4 Å². The van der Waals surface area contributed by atoms with Gasteiger partial charge in [-0.25, -0.2) is 0 Å². The number of nitrogens with one attached hydrogen (secondary N) is 1. The van der Waals surface area contributed by atoms with Crippen molar-refractivity contribution in [3.63, 3.8) is 0 Å². The molecule has 0 aliphatic carbocycles. The summed E-state index contributed by atoms with van der Waals surface area (Å²) >= 11 is 0. The largest absolute Gasteiger partial charge is 0.489 e. The Bertz CT molecular complexity index is 929. The number of unbranched alkanes of at least 4 members (excludes halogenated alkanes) is 1. The molecular weight excluding hydrogens is 444 g/mol.